The third-order valence-corrected chi connectivity index (χ3v) is 3.32. The van der Waals surface area contributed by atoms with Gasteiger partial charge in [0.05, 0.1) is 5.52 Å². The fraction of sp³-hybridized carbons (Fsp3) is 0.176. The molecule has 3 rings (SSSR count). The van der Waals surface area contributed by atoms with E-state index < -0.39 is 0 Å². The third-order valence-electron chi connectivity index (χ3n) is 3.32. The number of hydrogen-bond acceptors (Lipinski definition) is 2. The second-order valence-electron chi connectivity index (χ2n) is 5.01. The minimum atomic E-state index is 0.458. The van der Waals surface area contributed by atoms with E-state index in [1.807, 2.05) is 18.5 Å². The number of para-hydroxylation sites is 1. The predicted octanol–water partition coefficient (Wildman–Crippen LogP) is 4.42. The maximum absolute atomic E-state index is 4.53. The topological polar surface area (TPSA) is 25.8 Å². The molecule has 1 aromatic carbocycles. The van der Waals surface area contributed by atoms with Gasteiger partial charge in [-0.05, 0) is 18.1 Å². The van der Waals surface area contributed by atoms with Crippen LogP contribution in [-0.4, -0.2) is 9.97 Å². The van der Waals surface area contributed by atoms with E-state index in [0.29, 0.717) is 5.92 Å². The lowest BCUT2D eigenvalue weighted by molar-refractivity contribution is 0.823. The van der Waals surface area contributed by atoms with Crippen molar-refractivity contribution in [1.29, 1.82) is 0 Å². The average molecular weight is 248 g/mol. The largest absolute Gasteiger partial charge is 0.260 e. The summed E-state index contributed by atoms with van der Waals surface area (Å²) in [5, 5.41) is 1.16. The van der Waals surface area contributed by atoms with Crippen molar-refractivity contribution < 1.29 is 0 Å². The van der Waals surface area contributed by atoms with E-state index >= 15 is 0 Å². The average Bonchev–Trinajstić information content (AvgIpc) is 2.47. The highest BCUT2D eigenvalue weighted by Gasteiger charge is 2.06. The maximum Gasteiger partial charge on any atom is 0.0780 e. The molecule has 0 aliphatic rings. The van der Waals surface area contributed by atoms with E-state index in [2.05, 4.69) is 60.2 Å². The lowest BCUT2D eigenvalue weighted by Gasteiger charge is -2.08. The maximum atomic E-state index is 4.53. The summed E-state index contributed by atoms with van der Waals surface area (Å²) in [7, 11) is 0. The zero-order chi connectivity index (χ0) is 13.2. The van der Waals surface area contributed by atoms with Crippen LogP contribution in [0.15, 0.2) is 54.9 Å². The first kappa shape index (κ1) is 11.8. The van der Waals surface area contributed by atoms with Crippen LogP contribution in [0.4, 0.5) is 0 Å². The summed E-state index contributed by atoms with van der Waals surface area (Å²) in [6.07, 6.45) is 3.78. The summed E-state index contributed by atoms with van der Waals surface area (Å²) in [6, 6.07) is 14.5. The van der Waals surface area contributed by atoms with Crippen LogP contribution in [0, 0.1) is 0 Å². The Morgan fingerprint density at radius 3 is 2.47 bits per heavy atom. The molecule has 0 spiro atoms. The number of rotatable bonds is 2. The van der Waals surface area contributed by atoms with Crippen LogP contribution in [0.3, 0.4) is 0 Å². The van der Waals surface area contributed by atoms with Crippen LogP contribution in [0.2, 0.25) is 0 Å². The molecule has 19 heavy (non-hydrogen) atoms. The first-order valence-corrected chi connectivity index (χ1v) is 6.56. The Bertz CT molecular complexity index is 695. The molecule has 0 aliphatic carbocycles. The van der Waals surface area contributed by atoms with Gasteiger partial charge in [-0.15, -0.1) is 0 Å². The SMILES string of the molecule is CC(C)c1ccc(-c2cccc3cccnc23)cn1. The van der Waals surface area contributed by atoms with E-state index in [4.69, 9.17) is 0 Å². The zero-order valence-corrected chi connectivity index (χ0v) is 11.2. The van der Waals surface area contributed by atoms with Crippen molar-refractivity contribution in [3.8, 4) is 11.1 Å². The molecular weight excluding hydrogens is 232 g/mol. The molecule has 0 fully saturated rings. The summed E-state index contributed by atoms with van der Waals surface area (Å²) >= 11 is 0. The van der Waals surface area contributed by atoms with Crippen LogP contribution < -0.4 is 0 Å². The lowest BCUT2D eigenvalue weighted by Crippen LogP contribution is -1.92. The second-order valence-corrected chi connectivity index (χ2v) is 5.01. The molecule has 0 atom stereocenters. The second kappa shape index (κ2) is 4.81. The first-order chi connectivity index (χ1) is 9.25. The summed E-state index contributed by atoms with van der Waals surface area (Å²) in [5.74, 6) is 0.458. The van der Waals surface area contributed by atoms with Crippen molar-refractivity contribution in [2.75, 3.05) is 0 Å². The van der Waals surface area contributed by atoms with Crippen molar-refractivity contribution in [2.45, 2.75) is 19.8 Å². The number of benzene rings is 1. The molecule has 0 saturated heterocycles. The molecule has 0 aliphatic heterocycles. The van der Waals surface area contributed by atoms with Gasteiger partial charge in [0.1, 0.15) is 0 Å². The zero-order valence-electron chi connectivity index (χ0n) is 11.2. The van der Waals surface area contributed by atoms with Gasteiger partial charge in [0.15, 0.2) is 0 Å². The van der Waals surface area contributed by atoms with Gasteiger partial charge in [-0.25, -0.2) is 0 Å². The number of hydrogen-bond donors (Lipinski definition) is 0. The normalized spacial score (nSPS) is 11.1. The minimum Gasteiger partial charge on any atom is -0.260 e. The predicted molar refractivity (Wildman–Crippen MR) is 79.1 cm³/mol. The van der Waals surface area contributed by atoms with Gasteiger partial charge >= 0.3 is 0 Å². The number of aromatic nitrogens is 2. The monoisotopic (exact) mass is 248 g/mol. The van der Waals surface area contributed by atoms with Crippen LogP contribution in [0.1, 0.15) is 25.5 Å². The lowest BCUT2D eigenvalue weighted by atomic mass is 10.0. The van der Waals surface area contributed by atoms with Crippen molar-refractivity contribution >= 4 is 10.9 Å². The van der Waals surface area contributed by atoms with E-state index in [-0.39, 0.29) is 0 Å². The summed E-state index contributed by atoms with van der Waals surface area (Å²) in [5.41, 5.74) is 4.41. The van der Waals surface area contributed by atoms with Gasteiger partial charge in [-0.3, -0.25) is 9.97 Å². The Hall–Kier alpha value is -2.22. The number of nitrogens with zero attached hydrogens (tertiary/aromatic N) is 2. The van der Waals surface area contributed by atoms with E-state index in [9.17, 15) is 0 Å². The molecule has 94 valence electrons. The van der Waals surface area contributed by atoms with E-state index in [0.717, 1.165) is 27.7 Å². The Labute approximate surface area is 113 Å². The Kier molecular flexibility index (Phi) is 3.00. The molecule has 2 aromatic heterocycles. The molecule has 0 N–H and O–H groups in total. The van der Waals surface area contributed by atoms with E-state index in [1.54, 1.807) is 0 Å². The minimum absolute atomic E-state index is 0.458. The standard InChI is InChI=1S/C17H16N2/c1-12(2)16-9-8-14(11-19-16)15-7-3-5-13-6-4-10-18-17(13)15/h3-12H,1-2H3. The molecule has 0 radical (unpaired) electrons. The number of pyridine rings is 2. The molecular formula is C17H16N2. The third kappa shape index (κ3) is 2.22. The molecule has 0 amide bonds. The summed E-state index contributed by atoms with van der Waals surface area (Å²) in [4.78, 5) is 9.02. The highest BCUT2D eigenvalue weighted by molar-refractivity contribution is 5.93. The fourth-order valence-corrected chi connectivity index (χ4v) is 2.24. The summed E-state index contributed by atoms with van der Waals surface area (Å²) < 4.78 is 0. The molecule has 0 bridgehead atoms. The molecule has 0 saturated carbocycles. The van der Waals surface area contributed by atoms with Gasteiger partial charge < -0.3 is 0 Å². The quantitative estimate of drug-likeness (QED) is 0.671. The Morgan fingerprint density at radius 1 is 0.895 bits per heavy atom. The summed E-state index contributed by atoms with van der Waals surface area (Å²) in [6.45, 7) is 4.31. The van der Waals surface area contributed by atoms with Crippen molar-refractivity contribution in [2.24, 2.45) is 0 Å². The van der Waals surface area contributed by atoms with Gasteiger partial charge in [-0.1, -0.05) is 44.2 Å². The van der Waals surface area contributed by atoms with Gasteiger partial charge in [0, 0.05) is 34.6 Å². The van der Waals surface area contributed by atoms with Gasteiger partial charge in [0.25, 0.3) is 0 Å². The Morgan fingerprint density at radius 2 is 1.74 bits per heavy atom. The van der Waals surface area contributed by atoms with Crippen molar-refractivity contribution in [1.82, 2.24) is 9.97 Å². The van der Waals surface area contributed by atoms with Crippen LogP contribution in [0.25, 0.3) is 22.0 Å². The number of fused-ring (bicyclic) bond motifs is 1. The van der Waals surface area contributed by atoms with Crippen molar-refractivity contribution in [3.63, 3.8) is 0 Å². The first-order valence-electron chi connectivity index (χ1n) is 6.56. The van der Waals surface area contributed by atoms with Crippen LogP contribution in [0.5, 0.6) is 0 Å². The molecule has 2 nitrogen and oxygen atoms in total. The van der Waals surface area contributed by atoms with Gasteiger partial charge in [-0.2, -0.15) is 0 Å². The molecule has 2 heteroatoms. The van der Waals surface area contributed by atoms with Gasteiger partial charge in [0.2, 0.25) is 0 Å². The fourth-order valence-electron chi connectivity index (χ4n) is 2.24. The molecule has 2 heterocycles. The molecule has 3 aromatic rings. The van der Waals surface area contributed by atoms with Crippen LogP contribution >= 0.6 is 0 Å². The Balaban J connectivity index is 2.14. The van der Waals surface area contributed by atoms with E-state index in [1.165, 1.54) is 0 Å². The van der Waals surface area contributed by atoms with Crippen LogP contribution in [-0.2, 0) is 0 Å². The highest BCUT2D eigenvalue weighted by Crippen LogP contribution is 2.27. The highest BCUT2D eigenvalue weighted by atomic mass is 14.7. The van der Waals surface area contributed by atoms with Crippen molar-refractivity contribution in [3.05, 3.63) is 60.6 Å². The smallest absolute Gasteiger partial charge is 0.0780 e. The molecule has 0 unspecified atom stereocenters.